The fourth-order valence-electron chi connectivity index (χ4n) is 4.93. The van der Waals surface area contributed by atoms with Crippen molar-refractivity contribution in [1.82, 2.24) is 5.32 Å². The van der Waals surface area contributed by atoms with E-state index in [2.05, 4.69) is 5.32 Å². The van der Waals surface area contributed by atoms with E-state index in [-0.39, 0.29) is 25.5 Å². The van der Waals surface area contributed by atoms with Crippen molar-refractivity contribution in [2.75, 3.05) is 13.2 Å². The SMILES string of the molecule is O=C(NCc1cccc(Cl)c1)[C@]1(C/C=C/c2ccccc2)N=C(c2ccc(OCCCO)cc2)O[C@@H]1c1ccc(Cl)cc1Cl. The summed E-state index contributed by atoms with van der Waals surface area (Å²) in [5.41, 5.74) is 1.69. The number of aliphatic imine (C=N–C) groups is 1. The van der Waals surface area contributed by atoms with Crippen molar-refractivity contribution in [2.24, 2.45) is 4.99 Å². The molecule has 1 heterocycles. The van der Waals surface area contributed by atoms with E-state index in [9.17, 15) is 4.79 Å². The summed E-state index contributed by atoms with van der Waals surface area (Å²) in [5, 5.41) is 13.5. The molecule has 1 aliphatic rings. The summed E-state index contributed by atoms with van der Waals surface area (Å²) in [7, 11) is 0. The number of nitrogens with zero attached hydrogens (tertiary/aromatic N) is 1. The second kappa shape index (κ2) is 14.8. The van der Waals surface area contributed by atoms with Crippen LogP contribution in [0.25, 0.3) is 6.08 Å². The standard InChI is InChI=1S/C35H31Cl3N2O4/c36-27-11-4-9-25(21-27)23-39-34(42)35(18-5-10-24-7-2-1-3-8-24)32(30-17-14-28(37)22-31(30)38)44-33(40-35)26-12-15-29(16-13-26)43-20-6-19-41/h1-5,7-17,21-22,32,41H,6,18-20,23H2,(H,39,42)/b10-5+/t32-,35-/m1/s1. The molecule has 1 aliphatic heterocycles. The number of hydrogen-bond donors (Lipinski definition) is 2. The van der Waals surface area contributed by atoms with Gasteiger partial charge in [0, 0.05) is 52.2 Å². The van der Waals surface area contributed by atoms with Crippen LogP contribution < -0.4 is 10.1 Å². The lowest BCUT2D eigenvalue weighted by Crippen LogP contribution is -2.47. The third kappa shape index (κ3) is 7.63. The van der Waals surface area contributed by atoms with Gasteiger partial charge in [0.05, 0.1) is 6.61 Å². The largest absolute Gasteiger partial charge is 0.494 e. The molecule has 9 heteroatoms. The molecular weight excluding hydrogens is 619 g/mol. The minimum atomic E-state index is -1.41. The lowest BCUT2D eigenvalue weighted by molar-refractivity contribution is -0.129. The summed E-state index contributed by atoms with van der Waals surface area (Å²) < 4.78 is 12.2. The van der Waals surface area contributed by atoms with E-state index < -0.39 is 11.6 Å². The Morgan fingerprint density at radius 3 is 2.45 bits per heavy atom. The Balaban J connectivity index is 1.55. The van der Waals surface area contributed by atoms with E-state index in [1.807, 2.05) is 66.7 Å². The van der Waals surface area contributed by atoms with Crippen LogP contribution in [0.5, 0.6) is 5.75 Å². The van der Waals surface area contributed by atoms with Crippen LogP contribution in [0.3, 0.4) is 0 Å². The van der Waals surface area contributed by atoms with E-state index in [4.69, 9.17) is 54.4 Å². The highest BCUT2D eigenvalue weighted by Crippen LogP contribution is 2.45. The number of benzene rings is 4. The molecule has 0 saturated carbocycles. The Labute approximate surface area is 271 Å². The predicted octanol–water partition coefficient (Wildman–Crippen LogP) is 8.08. The van der Waals surface area contributed by atoms with Gasteiger partial charge in [0.2, 0.25) is 5.90 Å². The summed E-state index contributed by atoms with van der Waals surface area (Å²) in [6.07, 6.45) is 3.78. The molecule has 0 spiro atoms. The summed E-state index contributed by atoms with van der Waals surface area (Å²) in [4.78, 5) is 19.3. The van der Waals surface area contributed by atoms with Crippen molar-refractivity contribution in [2.45, 2.75) is 31.0 Å². The molecule has 6 nitrogen and oxygen atoms in total. The molecule has 0 bridgehead atoms. The number of amides is 1. The second-order valence-corrected chi connectivity index (χ2v) is 11.6. The van der Waals surface area contributed by atoms with E-state index in [1.54, 1.807) is 42.5 Å². The van der Waals surface area contributed by atoms with Crippen LogP contribution in [0.15, 0.2) is 108 Å². The van der Waals surface area contributed by atoms with Crippen LogP contribution in [0, 0.1) is 0 Å². The molecule has 4 aromatic rings. The van der Waals surface area contributed by atoms with Crippen LogP contribution in [0.1, 0.15) is 41.2 Å². The van der Waals surface area contributed by atoms with Crippen molar-refractivity contribution in [1.29, 1.82) is 0 Å². The highest BCUT2D eigenvalue weighted by atomic mass is 35.5. The van der Waals surface area contributed by atoms with Crippen LogP contribution >= 0.6 is 34.8 Å². The zero-order chi connectivity index (χ0) is 30.9. The molecule has 44 heavy (non-hydrogen) atoms. The first kappa shape index (κ1) is 31.6. The molecule has 0 radical (unpaired) electrons. The van der Waals surface area contributed by atoms with Gasteiger partial charge in [-0.25, -0.2) is 4.99 Å². The van der Waals surface area contributed by atoms with Gasteiger partial charge in [-0.2, -0.15) is 0 Å². The molecule has 5 rings (SSSR count). The third-order valence-corrected chi connectivity index (χ3v) is 7.95. The molecule has 0 fully saturated rings. The molecule has 2 N–H and O–H groups in total. The monoisotopic (exact) mass is 648 g/mol. The molecule has 0 unspecified atom stereocenters. The van der Waals surface area contributed by atoms with Gasteiger partial charge in [0.15, 0.2) is 11.6 Å². The minimum absolute atomic E-state index is 0.0531. The minimum Gasteiger partial charge on any atom is -0.494 e. The van der Waals surface area contributed by atoms with Crippen LogP contribution in [0.2, 0.25) is 15.1 Å². The van der Waals surface area contributed by atoms with Gasteiger partial charge < -0.3 is 19.9 Å². The molecule has 0 aromatic heterocycles. The topological polar surface area (TPSA) is 80.2 Å². The van der Waals surface area contributed by atoms with Crippen molar-refractivity contribution in [3.05, 3.63) is 140 Å². The van der Waals surface area contributed by atoms with Crippen molar-refractivity contribution in [3.8, 4) is 5.75 Å². The normalized spacial score (nSPS) is 17.7. The van der Waals surface area contributed by atoms with Crippen LogP contribution in [-0.2, 0) is 16.1 Å². The number of carbonyl (C=O) groups is 1. The molecule has 2 atom stereocenters. The molecule has 0 aliphatic carbocycles. The Hall–Kier alpha value is -3.81. The Bertz CT molecular complexity index is 1640. The number of ether oxygens (including phenoxy) is 2. The number of halogens is 3. The fraction of sp³-hybridized carbons (Fsp3) is 0.200. The zero-order valence-corrected chi connectivity index (χ0v) is 26.0. The first-order chi connectivity index (χ1) is 21.4. The second-order valence-electron chi connectivity index (χ2n) is 10.3. The van der Waals surface area contributed by atoms with E-state index in [1.165, 1.54) is 0 Å². The molecule has 4 aromatic carbocycles. The van der Waals surface area contributed by atoms with Crippen molar-refractivity contribution < 1.29 is 19.4 Å². The molecule has 1 amide bonds. The lowest BCUT2D eigenvalue weighted by atomic mass is 9.84. The fourth-order valence-corrected chi connectivity index (χ4v) is 5.65. The Morgan fingerprint density at radius 1 is 0.955 bits per heavy atom. The third-order valence-electron chi connectivity index (χ3n) is 7.16. The maximum absolute atomic E-state index is 14.3. The number of nitrogens with one attached hydrogen (secondary N) is 1. The van der Waals surface area contributed by atoms with E-state index in [0.29, 0.717) is 50.9 Å². The zero-order valence-electron chi connectivity index (χ0n) is 23.8. The lowest BCUT2D eigenvalue weighted by Gasteiger charge is -2.30. The highest BCUT2D eigenvalue weighted by molar-refractivity contribution is 6.35. The first-order valence-electron chi connectivity index (χ1n) is 14.2. The van der Waals surface area contributed by atoms with Gasteiger partial charge in [-0.15, -0.1) is 0 Å². The van der Waals surface area contributed by atoms with Crippen LogP contribution in [-0.4, -0.2) is 35.7 Å². The quantitative estimate of drug-likeness (QED) is 0.152. The maximum Gasteiger partial charge on any atom is 0.252 e. The average molecular weight is 650 g/mol. The van der Waals surface area contributed by atoms with Gasteiger partial charge >= 0.3 is 0 Å². The Kier molecular flexibility index (Phi) is 10.6. The van der Waals surface area contributed by atoms with Gasteiger partial charge in [0.1, 0.15) is 5.75 Å². The summed E-state index contributed by atoms with van der Waals surface area (Å²) in [6.45, 7) is 0.695. The smallest absolute Gasteiger partial charge is 0.252 e. The maximum atomic E-state index is 14.3. The van der Waals surface area contributed by atoms with Crippen molar-refractivity contribution >= 4 is 52.7 Å². The van der Waals surface area contributed by atoms with Gasteiger partial charge in [-0.1, -0.05) is 95.5 Å². The number of hydrogen-bond acceptors (Lipinski definition) is 5. The number of aliphatic hydroxyl groups is 1. The van der Waals surface area contributed by atoms with Crippen molar-refractivity contribution in [3.63, 3.8) is 0 Å². The molecule has 0 saturated heterocycles. The summed E-state index contributed by atoms with van der Waals surface area (Å²) >= 11 is 19.2. The van der Waals surface area contributed by atoms with Gasteiger partial charge in [-0.3, -0.25) is 4.79 Å². The highest BCUT2D eigenvalue weighted by Gasteiger charge is 2.53. The predicted molar refractivity (Wildman–Crippen MR) is 177 cm³/mol. The summed E-state index contributed by atoms with van der Waals surface area (Å²) in [5.74, 6) is 0.619. The summed E-state index contributed by atoms with van der Waals surface area (Å²) in [6, 6.07) is 29.5. The first-order valence-corrected chi connectivity index (χ1v) is 15.3. The Morgan fingerprint density at radius 2 is 1.73 bits per heavy atom. The van der Waals surface area contributed by atoms with Crippen LogP contribution in [0.4, 0.5) is 0 Å². The van der Waals surface area contributed by atoms with E-state index >= 15 is 0 Å². The van der Waals surface area contributed by atoms with Gasteiger partial charge in [-0.05, 0) is 59.7 Å². The van der Waals surface area contributed by atoms with Gasteiger partial charge in [0.25, 0.3) is 5.91 Å². The average Bonchev–Trinajstić information content (AvgIpc) is 3.41. The van der Waals surface area contributed by atoms with E-state index in [0.717, 1.165) is 11.1 Å². The number of aliphatic hydroxyl groups excluding tert-OH is 1. The number of rotatable bonds is 12. The molecular formula is C35H31Cl3N2O4. The molecule has 226 valence electrons. The number of carbonyl (C=O) groups excluding carboxylic acids is 1.